The third-order valence-electron chi connectivity index (χ3n) is 1.83. The van der Waals surface area contributed by atoms with Crippen LogP contribution in [0.4, 0.5) is 9.59 Å². The van der Waals surface area contributed by atoms with E-state index >= 15 is 0 Å². The molecule has 0 saturated carbocycles. The molecular weight excluding hydrogens is 206 g/mol. The smallest absolute Gasteiger partial charge is 0.426 e. The Bertz CT molecular complexity index is 224. The van der Waals surface area contributed by atoms with E-state index in [2.05, 4.69) is 0 Å². The number of ether oxygens (including phenoxy) is 1. The van der Waals surface area contributed by atoms with Gasteiger partial charge in [-0.1, -0.05) is 5.06 Å². The molecule has 2 amide bonds. The second kappa shape index (κ2) is 5.34. The van der Waals surface area contributed by atoms with Crippen molar-refractivity contribution in [3.05, 3.63) is 0 Å². The van der Waals surface area contributed by atoms with E-state index in [-0.39, 0.29) is 0 Å². The minimum Gasteiger partial charge on any atom is -0.426 e. The van der Waals surface area contributed by atoms with E-state index in [0.717, 1.165) is 6.42 Å². The molecule has 1 aliphatic heterocycles. The molecule has 1 heterocycles. The highest BCUT2D eigenvalue weighted by molar-refractivity contribution is 5.67. The Morgan fingerprint density at radius 1 is 1.27 bits per heavy atom. The fourth-order valence-corrected chi connectivity index (χ4v) is 1.22. The first-order chi connectivity index (χ1) is 7.17. The molecule has 6 N–H and O–H groups in total. The molecule has 1 rings (SSSR count). The Labute approximate surface area is 85.5 Å². The van der Waals surface area contributed by atoms with Crippen molar-refractivity contribution in [3.63, 3.8) is 0 Å². The second-order valence-corrected chi connectivity index (χ2v) is 2.81. The number of nitrogens with two attached hydrogens (primary N) is 2. The van der Waals surface area contributed by atoms with Crippen molar-refractivity contribution in [2.45, 2.75) is 19.1 Å². The number of hydrazine groups is 2. The molecule has 15 heavy (non-hydrogen) atoms. The summed E-state index contributed by atoms with van der Waals surface area (Å²) < 4.78 is 4.82. The van der Waals surface area contributed by atoms with Crippen LogP contribution in [0.25, 0.3) is 0 Å². The summed E-state index contributed by atoms with van der Waals surface area (Å²) in [5.41, 5.74) is 3.61. The van der Waals surface area contributed by atoms with E-state index in [1.165, 1.54) is 5.06 Å². The normalized spacial score (nSPS) is 20.8. The molecule has 1 atom stereocenters. The van der Waals surface area contributed by atoms with E-state index < -0.39 is 18.4 Å². The van der Waals surface area contributed by atoms with Gasteiger partial charge in [0.2, 0.25) is 0 Å². The first kappa shape index (κ1) is 11.5. The number of carbonyl (C=O) groups excluding carboxylic acids is 2. The summed E-state index contributed by atoms with van der Waals surface area (Å²) >= 11 is 0. The summed E-state index contributed by atoms with van der Waals surface area (Å²) in [6, 6.07) is 0. The van der Waals surface area contributed by atoms with Gasteiger partial charge in [-0.3, -0.25) is 10.9 Å². The highest BCUT2D eigenvalue weighted by Crippen LogP contribution is 2.18. The predicted octanol–water partition coefficient (Wildman–Crippen LogP) is -1.48. The molecule has 0 aromatic rings. The van der Waals surface area contributed by atoms with Crippen LogP contribution in [0.5, 0.6) is 0 Å². The summed E-state index contributed by atoms with van der Waals surface area (Å²) in [6.07, 6.45) is -0.945. The minimum atomic E-state index is -0.821. The highest BCUT2D eigenvalue weighted by Gasteiger charge is 2.30. The average molecular weight is 219 g/mol. The predicted molar refractivity (Wildman–Crippen MR) is 47.3 cm³/mol. The Morgan fingerprint density at radius 2 is 1.93 bits per heavy atom. The van der Waals surface area contributed by atoms with Crippen LogP contribution >= 0.6 is 0 Å². The molecule has 1 saturated heterocycles. The van der Waals surface area contributed by atoms with Crippen molar-refractivity contribution in [3.8, 4) is 0 Å². The van der Waals surface area contributed by atoms with E-state index in [1.807, 2.05) is 5.43 Å². The average Bonchev–Trinajstić information content (AvgIpc) is 2.65. The van der Waals surface area contributed by atoms with Gasteiger partial charge < -0.3 is 9.57 Å². The zero-order valence-electron chi connectivity index (χ0n) is 7.93. The van der Waals surface area contributed by atoms with Crippen molar-refractivity contribution >= 4 is 12.2 Å². The molecule has 1 unspecified atom stereocenters. The number of hydrogen-bond acceptors (Lipinski definition) is 7. The Balaban J connectivity index is 2.42. The lowest BCUT2D eigenvalue weighted by molar-refractivity contribution is -0.172. The monoisotopic (exact) mass is 219 g/mol. The SMILES string of the molecule is NNC(=O)OC1CCCN1OC(=O)NN. The summed E-state index contributed by atoms with van der Waals surface area (Å²) in [4.78, 5) is 26.3. The van der Waals surface area contributed by atoms with Crippen molar-refractivity contribution in [1.29, 1.82) is 0 Å². The number of rotatable bonds is 2. The lowest BCUT2D eigenvalue weighted by Crippen LogP contribution is -2.43. The van der Waals surface area contributed by atoms with Crippen molar-refractivity contribution in [2.75, 3.05) is 6.54 Å². The number of hydrogen-bond donors (Lipinski definition) is 4. The van der Waals surface area contributed by atoms with Gasteiger partial charge in [0.15, 0.2) is 6.23 Å². The van der Waals surface area contributed by atoms with Crippen LogP contribution < -0.4 is 22.5 Å². The second-order valence-electron chi connectivity index (χ2n) is 2.81. The van der Waals surface area contributed by atoms with Gasteiger partial charge in [-0.25, -0.2) is 21.3 Å². The number of nitrogens with one attached hydrogen (secondary N) is 2. The zero-order chi connectivity index (χ0) is 11.3. The molecule has 1 fully saturated rings. The molecule has 0 aliphatic carbocycles. The third kappa shape index (κ3) is 3.23. The number of nitrogens with zero attached hydrogens (tertiary/aromatic N) is 1. The number of hydroxylamine groups is 2. The number of amides is 2. The first-order valence-electron chi connectivity index (χ1n) is 4.29. The highest BCUT2D eigenvalue weighted by atomic mass is 16.8. The van der Waals surface area contributed by atoms with Gasteiger partial charge in [0.25, 0.3) is 0 Å². The minimum absolute atomic E-state index is 0.468. The van der Waals surface area contributed by atoms with Gasteiger partial charge >= 0.3 is 12.2 Å². The van der Waals surface area contributed by atoms with Gasteiger partial charge in [-0.2, -0.15) is 0 Å². The fourth-order valence-electron chi connectivity index (χ4n) is 1.22. The van der Waals surface area contributed by atoms with Crippen LogP contribution in [0.15, 0.2) is 0 Å². The molecule has 0 aromatic heterocycles. The summed E-state index contributed by atoms with van der Waals surface area (Å²) in [7, 11) is 0. The third-order valence-corrected chi connectivity index (χ3v) is 1.83. The molecule has 0 radical (unpaired) electrons. The van der Waals surface area contributed by atoms with Crippen molar-refractivity contribution in [1.82, 2.24) is 15.9 Å². The van der Waals surface area contributed by atoms with Gasteiger partial charge in [0, 0.05) is 13.0 Å². The van der Waals surface area contributed by atoms with Gasteiger partial charge in [0.05, 0.1) is 0 Å². The molecule has 9 nitrogen and oxygen atoms in total. The quantitative estimate of drug-likeness (QED) is 0.253. The van der Waals surface area contributed by atoms with Crippen LogP contribution in [0.1, 0.15) is 12.8 Å². The number of carbonyl (C=O) groups is 2. The topological polar surface area (TPSA) is 132 Å². The molecule has 1 aliphatic rings. The van der Waals surface area contributed by atoms with Crippen LogP contribution in [0, 0.1) is 0 Å². The molecule has 86 valence electrons. The van der Waals surface area contributed by atoms with Gasteiger partial charge in [0.1, 0.15) is 0 Å². The Morgan fingerprint density at radius 3 is 2.53 bits per heavy atom. The van der Waals surface area contributed by atoms with E-state index in [0.29, 0.717) is 13.0 Å². The lowest BCUT2D eigenvalue weighted by atomic mass is 10.4. The van der Waals surface area contributed by atoms with E-state index in [9.17, 15) is 9.59 Å². The zero-order valence-corrected chi connectivity index (χ0v) is 7.93. The lowest BCUT2D eigenvalue weighted by Gasteiger charge is -2.21. The standard InChI is InChI=1S/C6H13N5O4/c7-9-5(12)14-4-2-1-3-11(4)15-6(13)10-8/h4H,1-3,7-8H2,(H,9,12)(H,10,13). The largest absolute Gasteiger partial charge is 0.440 e. The van der Waals surface area contributed by atoms with Gasteiger partial charge in [-0.05, 0) is 6.42 Å². The molecule has 0 bridgehead atoms. The van der Waals surface area contributed by atoms with E-state index in [1.54, 1.807) is 5.43 Å². The summed E-state index contributed by atoms with van der Waals surface area (Å²) in [5, 5.41) is 1.22. The van der Waals surface area contributed by atoms with Crippen LogP contribution in [-0.2, 0) is 9.57 Å². The van der Waals surface area contributed by atoms with Crippen LogP contribution in [-0.4, -0.2) is 30.0 Å². The summed E-state index contributed by atoms with van der Waals surface area (Å²) in [6.45, 7) is 0.468. The molecule has 0 spiro atoms. The molecule has 0 aromatic carbocycles. The van der Waals surface area contributed by atoms with Crippen molar-refractivity contribution in [2.24, 2.45) is 11.7 Å². The Kier molecular flexibility index (Phi) is 4.09. The van der Waals surface area contributed by atoms with Crippen LogP contribution in [0.3, 0.4) is 0 Å². The maximum Gasteiger partial charge on any atom is 0.440 e. The van der Waals surface area contributed by atoms with Gasteiger partial charge in [-0.15, -0.1) is 0 Å². The van der Waals surface area contributed by atoms with E-state index in [4.69, 9.17) is 21.3 Å². The fraction of sp³-hybridized carbons (Fsp3) is 0.667. The summed E-state index contributed by atoms with van der Waals surface area (Å²) in [5.74, 6) is 9.67. The maximum absolute atomic E-state index is 10.8. The first-order valence-corrected chi connectivity index (χ1v) is 4.29. The molecular formula is C6H13N5O4. The van der Waals surface area contributed by atoms with Crippen molar-refractivity contribution < 1.29 is 19.2 Å². The maximum atomic E-state index is 10.8. The molecule has 9 heteroatoms. The van der Waals surface area contributed by atoms with Crippen LogP contribution in [0.2, 0.25) is 0 Å². The Hall–Kier alpha value is -1.58.